The van der Waals surface area contributed by atoms with Gasteiger partial charge in [-0.1, -0.05) is 30.3 Å². The van der Waals surface area contributed by atoms with E-state index in [1.54, 1.807) is 0 Å². The van der Waals surface area contributed by atoms with Crippen LogP contribution in [-0.4, -0.2) is 37.1 Å². The number of piperazine rings is 1. The number of amides is 1. The van der Waals surface area contributed by atoms with Crippen molar-refractivity contribution in [3.05, 3.63) is 54.2 Å². The standard InChI is InChI=1S/C18H22N4O.ClH/c23-18(9-6-15-4-2-1-3-5-15)21-17-8-7-16(14-20-17)22-12-10-19-11-13-22;/h1-5,7-8,14,19H,6,9-13H2,(H,20,21,23);1H. The minimum atomic E-state index is -0.00345. The lowest BCUT2D eigenvalue weighted by Crippen LogP contribution is -2.43. The fraction of sp³-hybridized carbons (Fsp3) is 0.333. The molecule has 128 valence electrons. The molecule has 3 rings (SSSR count). The summed E-state index contributed by atoms with van der Waals surface area (Å²) in [6.45, 7) is 3.98. The Morgan fingerprint density at radius 1 is 1.12 bits per heavy atom. The van der Waals surface area contributed by atoms with Gasteiger partial charge in [0, 0.05) is 32.6 Å². The van der Waals surface area contributed by atoms with Crippen LogP contribution in [0, 0.1) is 0 Å². The van der Waals surface area contributed by atoms with Crippen LogP contribution >= 0.6 is 12.4 Å². The summed E-state index contributed by atoms with van der Waals surface area (Å²) in [4.78, 5) is 18.7. The first-order chi connectivity index (χ1) is 11.3. The van der Waals surface area contributed by atoms with Gasteiger partial charge >= 0.3 is 0 Å². The molecule has 1 amide bonds. The lowest BCUT2D eigenvalue weighted by Gasteiger charge is -2.29. The molecule has 1 aliphatic rings. The number of rotatable bonds is 5. The van der Waals surface area contributed by atoms with Crippen molar-refractivity contribution in [2.75, 3.05) is 36.4 Å². The first-order valence-corrected chi connectivity index (χ1v) is 8.07. The highest BCUT2D eigenvalue weighted by Gasteiger charge is 2.11. The molecule has 2 aromatic rings. The lowest BCUT2D eigenvalue weighted by molar-refractivity contribution is -0.116. The van der Waals surface area contributed by atoms with Crippen LogP contribution in [0.5, 0.6) is 0 Å². The lowest BCUT2D eigenvalue weighted by atomic mass is 10.1. The highest BCUT2D eigenvalue weighted by atomic mass is 35.5. The molecule has 6 heteroatoms. The van der Waals surface area contributed by atoms with Crippen LogP contribution in [0.15, 0.2) is 48.7 Å². The first kappa shape index (κ1) is 18.2. The number of benzene rings is 1. The Bertz CT molecular complexity index is 627. The van der Waals surface area contributed by atoms with Gasteiger partial charge in [0.05, 0.1) is 11.9 Å². The van der Waals surface area contributed by atoms with E-state index in [0.717, 1.165) is 38.3 Å². The Hall–Kier alpha value is -2.11. The first-order valence-electron chi connectivity index (χ1n) is 8.07. The van der Waals surface area contributed by atoms with Crippen LogP contribution in [-0.2, 0) is 11.2 Å². The monoisotopic (exact) mass is 346 g/mol. The zero-order valence-corrected chi connectivity index (χ0v) is 14.4. The molecule has 0 spiro atoms. The van der Waals surface area contributed by atoms with Gasteiger partial charge in [-0.25, -0.2) is 4.98 Å². The van der Waals surface area contributed by atoms with Crippen LogP contribution in [0.25, 0.3) is 0 Å². The second kappa shape index (κ2) is 9.25. The predicted octanol–water partition coefficient (Wildman–Crippen LogP) is 2.48. The van der Waals surface area contributed by atoms with E-state index in [-0.39, 0.29) is 18.3 Å². The summed E-state index contributed by atoms with van der Waals surface area (Å²) >= 11 is 0. The molecule has 0 aliphatic carbocycles. The maximum absolute atomic E-state index is 12.0. The largest absolute Gasteiger partial charge is 0.368 e. The van der Waals surface area contributed by atoms with Crippen LogP contribution in [0.3, 0.4) is 0 Å². The van der Waals surface area contributed by atoms with E-state index in [2.05, 4.69) is 20.5 Å². The SMILES string of the molecule is Cl.O=C(CCc1ccccc1)Nc1ccc(N2CCNCC2)cn1. The van der Waals surface area contributed by atoms with E-state index in [9.17, 15) is 4.79 Å². The number of pyridine rings is 1. The molecule has 2 N–H and O–H groups in total. The molecule has 0 saturated carbocycles. The fourth-order valence-electron chi connectivity index (χ4n) is 2.68. The average molecular weight is 347 g/mol. The minimum absolute atomic E-state index is 0. The summed E-state index contributed by atoms with van der Waals surface area (Å²) in [5, 5.41) is 6.19. The number of aromatic nitrogens is 1. The number of nitrogens with one attached hydrogen (secondary N) is 2. The predicted molar refractivity (Wildman–Crippen MR) is 100.0 cm³/mol. The Labute approximate surface area is 148 Å². The highest BCUT2D eigenvalue weighted by molar-refractivity contribution is 5.89. The van der Waals surface area contributed by atoms with Crippen molar-refractivity contribution in [3.63, 3.8) is 0 Å². The molecule has 5 nitrogen and oxygen atoms in total. The van der Waals surface area contributed by atoms with Gasteiger partial charge in [-0.05, 0) is 24.1 Å². The normalized spacial score (nSPS) is 13.9. The van der Waals surface area contributed by atoms with E-state index in [4.69, 9.17) is 0 Å². The number of anilines is 2. The van der Waals surface area contributed by atoms with E-state index in [0.29, 0.717) is 12.2 Å². The molecule has 1 saturated heterocycles. The van der Waals surface area contributed by atoms with Crippen molar-refractivity contribution >= 4 is 29.8 Å². The maximum atomic E-state index is 12.0. The van der Waals surface area contributed by atoms with E-state index >= 15 is 0 Å². The van der Waals surface area contributed by atoms with Gasteiger partial charge in [-0.15, -0.1) is 12.4 Å². The summed E-state index contributed by atoms with van der Waals surface area (Å²) in [5.41, 5.74) is 2.28. The van der Waals surface area contributed by atoms with Gasteiger partial charge in [0.25, 0.3) is 0 Å². The third-order valence-corrected chi connectivity index (χ3v) is 3.98. The van der Waals surface area contributed by atoms with Gasteiger partial charge in [0.15, 0.2) is 0 Å². The Balaban J connectivity index is 0.00000208. The van der Waals surface area contributed by atoms with Gasteiger partial charge in [0.2, 0.25) is 5.91 Å². The number of carbonyl (C=O) groups is 1. The zero-order chi connectivity index (χ0) is 15.9. The topological polar surface area (TPSA) is 57.3 Å². The third-order valence-electron chi connectivity index (χ3n) is 3.98. The second-order valence-electron chi connectivity index (χ2n) is 5.67. The summed E-state index contributed by atoms with van der Waals surface area (Å²) in [6.07, 6.45) is 3.04. The van der Waals surface area contributed by atoms with Crippen molar-refractivity contribution in [1.29, 1.82) is 0 Å². The molecule has 1 aromatic carbocycles. The van der Waals surface area contributed by atoms with Gasteiger partial charge in [-0.2, -0.15) is 0 Å². The van der Waals surface area contributed by atoms with Gasteiger partial charge in [0.1, 0.15) is 5.82 Å². The van der Waals surface area contributed by atoms with Crippen molar-refractivity contribution in [2.24, 2.45) is 0 Å². The Kier molecular flexibility index (Phi) is 7.03. The van der Waals surface area contributed by atoms with Crippen LogP contribution in [0.4, 0.5) is 11.5 Å². The van der Waals surface area contributed by atoms with Crippen molar-refractivity contribution in [1.82, 2.24) is 10.3 Å². The molecule has 24 heavy (non-hydrogen) atoms. The number of hydrogen-bond acceptors (Lipinski definition) is 4. The molecule has 0 radical (unpaired) electrons. The fourth-order valence-corrected chi connectivity index (χ4v) is 2.68. The number of carbonyl (C=O) groups excluding carboxylic acids is 1. The number of nitrogens with zero attached hydrogens (tertiary/aromatic N) is 2. The number of aryl methyl sites for hydroxylation is 1. The third kappa shape index (κ3) is 5.22. The van der Waals surface area contributed by atoms with Crippen molar-refractivity contribution in [3.8, 4) is 0 Å². The molecule has 1 fully saturated rings. The number of hydrogen-bond donors (Lipinski definition) is 2. The van der Waals surface area contributed by atoms with Crippen LogP contribution in [0.2, 0.25) is 0 Å². The molecule has 0 unspecified atom stereocenters. The summed E-state index contributed by atoms with van der Waals surface area (Å²) in [5.74, 6) is 0.609. The van der Waals surface area contributed by atoms with Gasteiger partial charge in [-0.3, -0.25) is 4.79 Å². The zero-order valence-electron chi connectivity index (χ0n) is 13.6. The second-order valence-corrected chi connectivity index (χ2v) is 5.67. The van der Waals surface area contributed by atoms with E-state index in [1.165, 1.54) is 5.56 Å². The molecule has 0 atom stereocenters. The molecular formula is C18H23ClN4O. The molecule has 2 heterocycles. The van der Waals surface area contributed by atoms with E-state index < -0.39 is 0 Å². The highest BCUT2D eigenvalue weighted by Crippen LogP contribution is 2.15. The van der Waals surface area contributed by atoms with Crippen LogP contribution in [0.1, 0.15) is 12.0 Å². The molecule has 1 aliphatic heterocycles. The number of halogens is 1. The minimum Gasteiger partial charge on any atom is -0.368 e. The van der Waals surface area contributed by atoms with Crippen molar-refractivity contribution < 1.29 is 4.79 Å². The quantitative estimate of drug-likeness (QED) is 0.873. The molecule has 1 aromatic heterocycles. The average Bonchev–Trinajstić information content (AvgIpc) is 2.62. The Morgan fingerprint density at radius 2 is 1.88 bits per heavy atom. The van der Waals surface area contributed by atoms with E-state index in [1.807, 2.05) is 48.7 Å². The molecular weight excluding hydrogens is 324 g/mol. The van der Waals surface area contributed by atoms with Crippen molar-refractivity contribution in [2.45, 2.75) is 12.8 Å². The summed E-state index contributed by atoms with van der Waals surface area (Å²) in [7, 11) is 0. The maximum Gasteiger partial charge on any atom is 0.225 e. The summed E-state index contributed by atoms with van der Waals surface area (Å²) < 4.78 is 0. The smallest absolute Gasteiger partial charge is 0.225 e. The van der Waals surface area contributed by atoms with Gasteiger partial charge < -0.3 is 15.5 Å². The summed E-state index contributed by atoms with van der Waals surface area (Å²) in [6, 6.07) is 13.9. The molecule has 0 bridgehead atoms. The Morgan fingerprint density at radius 3 is 2.54 bits per heavy atom. The van der Waals surface area contributed by atoms with Crippen LogP contribution < -0.4 is 15.5 Å².